The number of methoxy groups -OCH3 is 1. The zero-order chi connectivity index (χ0) is 31.1. The number of ether oxygens (including phenoxy) is 3. The summed E-state index contributed by atoms with van der Waals surface area (Å²) in [7, 11) is 1.69. The summed E-state index contributed by atoms with van der Waals surface area (Å²) in [6.45, 7) is 0.114. The number of carboxylic acids is 1. The summed E-state index contributed by atoms with van der Waals surface area (Å²) < 4.78 is 18.1. The Morgan fingerprint density at radius 1 is 1.09 bits per heavy atom. The second-order valence-corrected chi connectivity index (χ2v) is 10.8. The molecule has 5 rings (SSSR count). The minimum Gasteiger partial charge on any atom is -0.488 e. The Balaban J connectivity index is 1.43. The summed E-state index contributed by atoms with van der Waals surface area (Å²) in [5.41, 5.74) is 7.39. The third-order valence-corrected chi connectivity index (χ3v) is 7.84. The normalized spacial score (nSPS) is 14.5. The topological polar surface area (TPSA) is 134 Å². The summed E-state index contributed by atoms with van der Waals surface area (Å²) in [6.07, 6.45) is 4.43. The largest absolute Gasteiger partial charge is 0.488 e. The van der Waals surface area contributed by atoms with Crippen LogP contribution in [0.25, 0.3) is 11.1 Å². The van der Waals surface area contributed by atoms with E-state index in [-0.39, 0.29) is 19.3 Å². The SMILES string of the molecule is COCc1ccccc1-c1cccc2c1CC[C@@H]2Oc1cc(OCc2cncc(C#N)c2)c(CNC(CO)C(=O)O)cc1Cl. The number of carbonyl (C=O) groups is 1. The molecule has 2 atom stereocenters. The van der Waals surface area contributed by atoms with Gasteiger partial charge in [-0.05, 0) is 52.8 Å². The monoisotopic (exact) mass is 613 g/mol. The van der Waals surface area contributed by atoms with Gasteiger partial charge in [0, 0.05) is 43.2 Å². The van der Waals surface area contributed by atoms with Gasteiger partial charge >= 0.3 is 5.97 Å². The lowest BCUT2D eigenvalue weighted by Crippen LogP contribution is -2.39. The van der Waals surface area contributed by atoms with Gasteiger partial charge in [0.2, 0.25) is 0 Å². The number of nitriles is 1. The molecule has 0 amide bonds. The maximum atomic E-state index is 11.4. The number of nitrogens with one attached hydrogen (secondary N) is 1. The highest BCUT2D eigenvalue weighted by Crippen LogP contribution is 2.43. The Kier molecular flexibility index (Phi) is 10.1. The second-order valence-electron chi connectivity index (χ2n) is 10.4. The maximum Gasteiger partial charge on any atom is 0.323 e. The van der Waals surface area contributed by atoms with Crippen molar-refractivity contribution in [3.8, 4) is 28.7 Å². The molecule has 0 fully saturated rings. The predicted octanol–water partition coefficient (Wildman–Crippen LogP) is 5.60. The molecule has 0 spiro atoms. The Morgan fingerprint density at radius 3 is 2.68 bits per heavy atom. The van der Waals surface area contributed by atoms with Crippen LogP contribution in [0.5, 0.6) is 11.5 Å². The van der Waals surface area contributed by atoms with Gasteiger partial charge in [-0.2, -0.15) is 5.26 Å². The number of fused-ring (bicyclic) bond motifs is 1. The molecule has 0 radical (unpaired) electrons. The average molecular weight is 614 g/mol. The smallest absolute Gasteiger partial charge is 0.323 e. The van der Waals surface area contributed by atoms with Crippen molar-refractivity contribution in [3.63, 3.8) is 0 Å². The number of carboxylic acid groups (broad SMARTS) is 1. The summed E-state index contributed by atoms with van der Waals surface area (Å²) in [4.78, 5) is 15.5. The van der Waals surface area contributed by atoms with Crippen LogP contribution in [0.4, 0.5) is 0 Å². The lowest BCUT2D eigenvalue weighted by atomic mass is 9.93. The van der Waals surface area contributed by atoms with Crippen molar-refractivity contribution < 1.29 is 29.2 Å². The van der Waals surface area contributed by atoms with Gasteiger partial charge in [0.05, 0.1) is 23.8 Å². The van der Waals surface area contributed by atoms with Gasteiger partial charge in [0.15, 0.2) is 0 Å². The molecule has 1 aliphatic rings. The average Bonchev–Trinajstić information content (AvgIpc) is 3.45. The first-order valence-electron chi connectivity index (χ1n) is 14.1. The van der Waals surface area contributed by atoms with Crippen molar-refractivity contribution in [1.29, 1.82) is 5.26 Å². The van der Waals surface area contributed by atoms with Crippen LogP contribution in [0.15, 0.2) is 73.1 Å². The maximum absolute atomic E-state index is 11.4. The number of aromatic nitrogens is 1. The van der Waals surface area contributed by atoms with Crippen molar-refractivity contribution in [3.05, 3.63) is 111 Å². The van der Waals surface area contributed by atoms with Crippen LogP contribution in [0.2, 0.25) is 5.02 Å². The van der Waals surface area contributed by atoms with E-state index >= 15 is 0 Å². The fourth-order valence-electron chi connectivity index (χ4n) is 5.40. The summed E-state index contributed by atoms with van der Waals surface area (Å²) in [5, 5.41) is 31.2. The number of benzene rings is 3. The van der Waals surface area contributed by atoms with E-state index in [1.807, 2.05) is 18.2 Å². The third-order valence-electron chi connectivity index (χ3n) is 7.55. The minimum absolute atomic E-state index is 0.0693. The quantitative estimate of drug-likeness (QED) is 0.176. The van der Waals surface area contributed by atoms with Crippen molar-refractivity contribution in [1.82, 2.24) is 10.3 Å². The molecular weight excluding hydrogens is 582 g/mol. The van der Waals surface area contributed by atoms with Crippen molar-refractivity contribution in [2.24, 2.45) is 0 Å². The van der Waals surface area contributed by atoms with Crippen LogP contribution in [0, 0.1) is 11.3 Å². The predicted molar refractivity (Wildman–Crippen MR) is 164 cm³/mol. The number of aliphatic hydroxyl groups is 1. The van der Waals surface area contributed by atoms with Gasteiger partial charge in [-0.25, -0.2) is 0 Å². The first-order chi connectivity index (χ1) is 21.4. The summed E-state index contributed by atoms with van der Waals surface area (Å²) in [5.74, 6) is -0.333. The number of hydrogen-bond acceptors (Lipinski definition) is 8. The van der Waals surface area contributed by atoms with Crippen LogP contribution in [0.1, 0.15) is 45.9 Å². The van der Waals surface area contributed by atoms with E-state index in [4.69, 9.17) is 25.8 Å². The van der Waals surface area contributed by atoms with Crippen molar-refractivity contribution in [2.75, 3.05) is 13.7 Å². The van der Waals surface area contributed by atoms with Crippen molar-refractivity contribution >= 4 is 17.6 Å². The molecule has 0 saturated carbocycles. The molecule has 0 bridgehead atoms. The standard InChI is InChI=1S/C34H32ClN3O6/c1-42-20-23-5-2-3-6-25(23)26-7-4-8-28-27(26)9-10-31(28)44-33-13-32(43-19-22-11-21(14-36)15-37-16-22)24(12-29(33)35)17-38-30(18-39)34(40)41/h2-8,11-13,15-16,30-31,38-39H,9-10,17-20H2,1H3,(H,40,41)/t30?,31-/m0/s1. The van der Waals surface area contributed by atoms with Crippen LogP contribution in [-0.2, 0) is 35.7 Å². The van der Waals surface area contributed by atoms with Gasteiger partial charge < -0.3 is 24.4 Å². The molecule has 0 aliphatic heterocycles. The van der Waals surface area contributed by atoms with E-state index in [2.05, 4.69) is 40.6 Å². The Hall–Kier alpha value is -4.46. The lowest BCUT2D eigenvalue weighted by Gasteiger charge is -2.20. The summed E-state index contributed by atoms with van der Waals surface area (Å²) >= 11 is 6.72. The molecular formula is C34H32ClN3O6. The number of pyridine rings is 1. The first kappa shape index (κ1) is 31.0. The van der Waals surface area contributed by atoms with Crippen LogP contribution in [0.3, 0.4) is 0 Å². The van der Waals surface area contributed by atoms with Crippen LogP contribution >= 0.6 is 11.6 Å². The van der Waals surface area contributed by atoms with Gasteiger partial charge in [0.25, 0.3) is 0 Å². The number of hydrogen-bond donors (Lipinski definition) is 3. The Labute approximate surface area is 260 Å². The summed E-state index contributed by atoms with van der Waals surface area (Å²) in [6, 6.07) is 20.4. The van der Waals surface area contributed by atoms with E-state index in [9.17, 15) is 20.3 Å². The molecule has 3 aromatic carbocycles. The van der Waals surface area contributed by atoms with Crippen molar-refractivity contribution in [2.45, 2.75) is 44.7 Å². The van der Waals surface area contributed by atoms with Gasteiger partial charge in [0.1, 0.15) is 36.3 Å². The second kappa shape index (κ2) is 14.3. The lowest BCUT2D eigenvalue weighted by molar-refractivity contribution is -0.140. The van der Waals surface area contributed by atoms with Crippen LogP contribution in [-0.4, -0.2) is 40.9 Å². The van der Waals surface area contributed by atoms with Gasteiger partial charge in [-0.3, -0.25) is 15.1 Å². The molecule has 3 N–H and O–H groups in total. The molecule has 9 nitrogen and oxygen atoms in total. The Morgan fingerprint density at radius 2 is 1.91 bits per heavy atom. The number of aliphatic hydroxyl groups excluding tert-OH is 1. The Bertz CT molecular complexity index is 1690. The minimum atomic E-state index is -1.18. The zero-order valence-electron chi connectivity index (χ0n) is 24.1. The highest BCUT2D eigenvalue weighted by atomic mass is 35.5. The number of aliphatic carboxylic acids is 1. The number of rotatable bonds is 13. The molecule has 1 unspecified atom stereocenters. The molecule has 4 aromatic rings. The fourth-order valence-corrected chi connectivity index (χ4v) is 5.63. The molecule has 1 aliphatic carbocycles. The number of halogens is 1. The highest BCUT2D eigenvalue weighted by Gasteiger charge is 2.28. The van der Waals surface area contributed by atoms with E-state index in [0.717, 1.165) is 35.1 Å². The third kappa shape index (κ3) is 7.01. The molecule has 0 saturated heterocycles. The molecule has 1 heterocycles. The van der Waals surface area contributed by atoms with E-state index in [1.54, 1.807) is 31.5 Å². The van der Waals surface area contributed by atoms with Crippen LogP contribution < -0.4 is 14.8 Å². The fraction of sp³-hybridized carbons (Fsp3) is 0.265. The van der Waals surface area contributed by atoms with E-state index < -0.39 is 18.6 Å². The zero-order valence-corrected chi connectivity index (χ0v) is 24.9. The van der Waals surface area contributed by atoms with E-state index in [1.165, 1.54) is 11.8 Å². The van der Waals surface area contributed by atoms with Gasteiger partial charge in [-0.15, -0.1) is 0 Å². The molecule has 226 valence electrons. The molecule has 1 aromatic heterocycles. The number of nitrogens with zero attached hydrogens (tertiary/aromatic N) is 2. The van der Waals surface area contributed by atoms with Gasteiger partial charge in [-0.1, -0.05) is 54.1 Å². The highest BCUT2D eigenvalue weighted by molar-refractivity contribution is 6.32. The first-order valence-corrected chi connectivity index (χ1v) is 14.5. The molecule has 10 heteroatoms. The van der Waals surface area contributed by atoms with E-state index in [0.29, 0.717) is 39.8 Å². The molecule has 44 heavy (non-hydrogen) atoms.